The average Bonchev–Trinajstić information content (AvgIpc) is 3.27. The van der Waals surface area contributed by atoms with E-state index in [1.165, 1.54) is 19.3 Å². The minimum Gasteiger partial charge on any atom is -0.462 e. The maximum atomic E-state index is 12.7. The van der Waals surface area contributed by atoms with E-state index in [0.29, 0.717) is 19.3 Å². The van der Waals surface area contributed by atoms with E-state index >= 15 is 0 Å². The lowest BCUT2D eigenvalue weighted by atomic mass is 10.1. The van der Waals surface area contributed by atoms with Gasteiger partial charge < -0.3 is 14.2 Å². The highest BCUT2D eigenvalue weighted by Gasteiger charge is 2.19. The minimum absolute atomic E-state index is 0.133. The van der Waals surface area contributed by atoms with Crippen LogP contribution in [0.2, 0.25) is 0 Å². The van der Waals surface area contributed by atoms with Crippen LogP contribution < -0.4 is 0 Å². The molecule has 0 radical (unpaired) electrons. The maximum absolute atomic E-state index is 12.7. The first kappa shape index (κ1) is 57.3. The van der Waals surface area contributed by atoms with Gasteiger partial charge in [-0.25, -0.2) is 0 Å². The fourth-order valence-corrected chi connectivity index (χ4v) is 5.68. The van der Waals surface area contributed by atoms with E-state index in [1.54, 1.807) is 0 Å². The molecule has 1 atom stereocenters. The Labute approximate surface area is 378 Å². The Morgan fingerprint density at radius 1 is 0.355 bits per heavy atom. The van der Waals surface area contributed by atoms with Gasteiger partial charge in [0.05, 0.1) is 0 Å². The van der Waals surface area contributed by atoms with Gasteiger partial charge in [-0.1, -0.05) is 205 Å². The minimum atomic E-state index is -0.844. The largest absolute Gasteiger partial charge is 0.462 e. The van der Waals surface area contributed by atoms with Crippen molar-refractivity contribution in [2.75, 3.05) is 13.2 Å². The summed E-state index contributed by atoms with van der Waals surface area (Å²) in [5, 5.41) is 0. The molecule has 0 heterocycles. The van der Waals surface area contributed by atoms with Gasteiger partial charge in [-0.3, -0.25) is 14.4 Å². The van der Waals surface area contributed by atoms with Crippen LogP contribution in [0.1, 0.15) is 168 Å². The van der Waals surface area contributed by atoms with E-state index in [2.05, 4.69) is 93.7 Å². The van der Waals surface area contributed by atoms with Crippen LogP contribution in [-0.2, 0) is 28.6 Å². The second kappa shape index (κ2) is 49.0. The molecular weight excluding hydrogens is 769 g/mol. The molecular formula is C56H84O6. The van der Waals surface area contributed by atoms with Gasteiger partial charge in [0.2, 0.25) is 0 Å². The molecule has 0 aromatic carbocycles. The third-order valence-corrected chi connectivity index (χ3v) is 9.23. The summed E-state index contributed by atoms with van der Waals surface area (Å²) in [6.07, 6.45) is 69.8. The van der Waals surface area contributed by atoms with Gasteiger partial charge in [0.1, 0.15) is 13.2 Å². The lowest BCUT2D eigenvalue weighted by Gasteiger charge is -2.18. The highest BCUT2D eigenvalue weighted by Crippen LogP contribution is 2.11. The van der Waals surface area contributed by atoms with Crippen molar-refractivity contribution in [3.8, 4) is 0 Å². The number of hydrogen-bond donors (Lipinski definition) is 0. The third kappa shape index (κ3) is 46.4. The predicted octanol–water partition coefficient (Wildman–Crippen LogP) is 15.7. The van der Waals surface area contributed by atoms with E-state index in [1.807, 2.05) is 72.9 Å². The lowest BCUT2D eigenvalue weighted by Crippen LogP contribution is -2.30. The standard InChI is InChI=1S/C56H84O6/c1-4-7-10-13-16-19-22-24-26-28-30-31-34-37-40-43-46-49-55(58)61-52-53(51-60-54(57)48-45-42-39-36-33-21-18-15-12-9-6-3)62-56(59)50-47-44-41-38-35-32-29-27-25-23-20-17-14-11-8-5-2/h7-8,10-11,13,15-20,22,24-28,30-32,34-35,41,44,53H,4-6,9,12,14,21,23,29,33,36-40,42-43,45-52H2,1-3H3/b10-7-,11-8-,16-13-,18-15-,20-17-,22-19-,26-24-,27-25-,30-28+,34-31-,35-32-,44-41-. The van der Waals surface area contributed by atoms with Crippen molar-refractivity contribution in [2.24, 2.45) is 0 Å². The zero-order valence-electron chi connectivity index (χ0n) is 39.1. The fourth-order valence-electron chi connectivity index (χ4n) is 5.68. The number of rotatable bonds is 40. The smallest absolute Gasteiger partial charge is 0.306 e. The van der Waals surface area contributed by atoms with Crippen molar-refractivity contribution in [3.63, 3.8) is 0 Å². The van der Waals surface area contributed by atoms with Crippen LogP contribution in [0.15, 0.2) is 146 Å². The van der Waals surface area contributed by atoms with Crippen molar-refractivity contribution in [1.82, 2.24) is 0 Å². The van der Waals surface area contributed by atoms with Crippen LogP contribution in [0.25, 0.3) is 0 Å². The summed E-state index contributed by atoms with van der Waals surface area (Å²) < 4.78 is 16.6. The van der Waals surface area contributed by atoms with E-state index < -0.39 is 12.1 Å². The van der Waals surface area contributed by atoms with Crippen molar-refractivity contribution < 1.29 is 28.6 Å². The number of hydrogen-bond acceptors (Lipinski definition) is 6. The third-order valence-electron chi connectivity index (χ3n) is 9.23. The van der Waals surface area contributed by atoms with Gasteiger partial charge in [0.15, 0.2) is 6.10 Å². The number of carbonyl (C=O) groups is 3. The Morgan fingerprint density at radius 3 is 1.26 bits per heavy atom. The second-order valence-electron chi connectivity index (χ2n) is 15.0. The van der Waals surface area contributed by atoms with Crippen molar-refractivity contribution in [2.45, 2.75) is 175 Å². The zero-order chi connectivity index (χ0) is 45.1. The number of allylic oxidation sites excluding steroid dienone is 24. The van der Waals surface area contributed by atoms with Gasteiger partial charge >= 0.3 is 17.9 Å². The summed E-state index contributed by atoms with van der Waals surface area (Å²) in [6.45, 7) is 6.19. The summed E-state index contributed by atoms with van der Waals surface area (Å²) in [6, 6.07) is 0. The molecule has 1 unspecified atom stereocenters. The Kier molecular flexibility index (Phi) is 45.2. The molecule has 62 heavy (non-hydrogen) atoms. The molecule has 0 aromatic rings. The Bertz CT molecular complexity index is 1440. The molecule has 0 N–H and O–H groups in total. The predicted molar refractivity (Wildman–Crippen MR) is 265 cm³/mol. The SMILES string of the molecule is CC\C=C/C=C\C=C/C=C\C=C\C=C/CCCCCC(=O)OCC(COC(=O)CCCCCCC/C=C\CCCC)OC(=O)CC/C=C\C/C=C\C/C=C\C/C=C\C/C=C\CC. The number of ether oxygens (including phenoxy) is 3. The van der Waals surface area contributed by atoms with Gasteiger partial charge in [-0.2, -0.15) is 0 Å². The monoisotopic (exact) mass is 853 g/mol. The van der Waals surface area contributed by atoms with E-state index in [4.69, 9.17) is 14.2 Å². The van der Waals surface area contributed by atoms with Crippen LogP contribution in [-0.4, -0.2) is 37.2 Å². The molecule has 0 aliphatic carbocycles. The molecule has 0 saturated carbocycles. The molecule has 0 aliphatic heterocycles. The van der Waals surface area contributed by atoms with Crippen molar-refractivity contribution in [1.29, 1.82) is 0 Å². The summed E-state index contributed by atoms with van der Waals surface area (Å²) in [7, 11) is 0. The van der Waals surface area contributed by atoms with Gasteiger partial charge in [0.25, 0.3) is 0 Å². The number of unbranched alkanes of at least 4 members (excludes halogenated alkanes) is 10. The first-order chi connectivity index (χ1) is 30.5. The number of esters is 3. The first-order valence-electron chi connectivity index (χ1n) is 23.9. The van der Waals surface area contributed by atoms with Crippen LogP contribution >= 0.6 is 0 Å². The Balaban J connectivity index is 4.64. The van der Waals surface area contributed by atoms with E-state index in [9.17, 15) is 14.4 Å². The van der Waals surface area contributed by atoms with E-state index in [0.717, 1.165) is 96.3 Å². The molecule has 6 nitrogen and oxygen atoms in total. The fraction of sp³-hybridized carbons (Fsp3) is 0.518. The summed E-state index contributed by atoms with van der Waals surface area (Å²) in [4.78, 5) is 37.8. The van der Waals surface area contributed by atoms with Crippen LogP contribution in [0.3, 0.4) is 0 Å². The molecule has 0 amide bonds. The molecule has 6 heteroatoms. The van der Waals surface area contributed by atoms with Crippen molar-refractivity contribution >= 4 is 17.9 Å². The van der Waals surface area contributed by atoms with E-state index in [-0.39, 0.29) is 38.0 Å². The van der Waals surface area contributed by atoms with Crippen LogP contribution in [0, 0.1) is 0 Å². The Hall–Kier alpha value is -4.71. The molecule has 0 saturated heterocycles. The summed E-state index contributed by atoms with van der Waals surface area (Å²) in [5.74, 6) is -1.09. The topological polar surface area (TPSA) is 78.9 Å². The highest BCUT2D eigenvalue weighted by atomic mass is 16.6. The molecule has 0 spiro atoms. The van der Waals surface area contributed by atoms with Crippen LogP contribution in [0.4, 0.5) is 0 Å². The molecule has 0 fully saturated rings. The quantitative estimate of drug-likeness (QED) is 0.0201. The molecule has 0 aliphatic rings. The average molecular weight is 853 g/mol. The van der Waals surface area contributed by atoms with Crippen molar-refractivity contribution in [3.05, 3.63) is 146 Å². The molecule has 0 bridgehead atoms. The maximum Gasteiger partial charge on any atom is 0.306 e. The van der Waals surface area contributed by atoms with Crippen LogP contribution in [0.5, 0.6) is 0 Å². The molecule has 0 rings (SSSR count). The van der Waals surface area contributed by atoms with Gasteiger partial charge in [-0.15, -0.1) is 0 Å². The van der Waals surface area contributed by atoms with Gasteiger partial charge in [0, 0.05) is 19.3 Å². The molecule has 344 valence electrons. The first-order valence-corrected chi connectivity index (χ1v) is 23.9. The zero-order valence-corrected chi connectivity index (χ0v) is 39.1. The normalized spacial score (nSPS) is 13.4. The second-order valence-corrected chi connectivity index (χ2v) is 15.0. The lowest BCUT2D eigenvalue weighted by molar-refractivity contribution is -0.166. The summed E-state index contributed by atoms with van der Waals surface area (Å²) >= 11 is 0. The Morgan fingerprint density at radius 2 is 0.742 bits per heavy atom. The van der Waals surface area contributed by atoms with Gasteiger partial charge in [-0.05, 0) is 89.9 Å². The summed E-state index contributed by atoms with van der Waals surface area (Å²) in [5.41, 5.74) is 0. The number of carbonyl (C=O) groups excluding carboxylic acids is 3. The molecule has 0 aromatic heterocycles. The highest BCUT2D eigenvalue weighted by molar-refractivity contribution is 5.71.